The maximum atomic E-state index is 11.3. The molecule has 1 N–H and O–H groups in total. The highest BCUT2D eigenvalue weighted by atomic mass is 16.5. The number of phenolic OH excluding ortho intramolecular Hbond substituents is 1. The molecule has 0 spiro atoms. The van der Waals surface area contributed by atoms with Gasteiger partial charge in [-0.2, -0.15) is 0 Å². The van der Waals surface area contributed by atoms with Gasteiger partial charge in [-0.05, 0) is 61.4 Å². The van der Waals surface area contributed by atoms with Gasteiger partial charge in [0.25, 0.3) is 0 Å². The molecule has 2 nitrogen and oxygen atoms in total. The van der Waals surface area contributed by atoms with Crippen molar-refractivity contribution in [3.8, 4) is 5.75 Å². The van der Waals surface area contributed by atoms with E-state index in [1.807, 2.05) is 6.07 Å². The molecule has 27 heavy (non-hydrogen) atoms. The molecule has 0 aliphatic heterocycles. The second-order valence-corrected chi connectivity index (χ2v) is 8.77. The first kappa shape index (κ1) is 19.9. The van der Waals surface area contributed by atoms with Gasteiger partial charge in [-0.25, -0.2) is 0 Å². The molecule has 3 rings (SSSR count). The Balaban J connectivity index is 2.06. The average molecular weight is 367 g/mol. The van der Waals surface area contributed by atoms with Crippen molar-refractivity contribution in [1.82, 2.24) is 0 Å². The molecule has 2 heteroatoms. The van der Waals surface area contributed by atoms with Gasteiger partial charge < -0.3 is 9.84 Å². The van der Waals surface area contributed by atoms with E-state index in [1.54, 1.807) is 0 Å². The summed E-state index contributed by atoms with van der Waals surface area (Å²) in [6.07, 6.45) is 6.38. The van der Waals surface area contributed by atoms with Gasteiger partial charge in [-0.15, -0.1) is 0 Å². The van der Waals surface area contributed by atoms with Crippen LogP contribution in [0.2, 0.25) is 0 Å². The lowest BCUT2D eigenvalue weighted by atomic mass is 9.74. The van der Waals surface area contributed by atoms with Crippen LogP contribution in [-0.4, -0.2) is 11.2 Å². The summed E-state index contributed by atoms with van der Waals surface area (Å²) in [5.41, 5.74) is 4.26. The number of aromatic hydroxyl groups is 1. The summed E-state index contributed by atoms with van der Waals surface area (Å²) in [5, 5.41) is 11.3. The number of ether oxygens (including phenoxy) is 1. The molecular formula is C25H34O2. The van der Waals surface area contributed by atoms with Crippen molar-refractivity contribution < 1.29 is 9.84 Å². The summed E-state index contributed by atoms with van der Waals surface area (Å²) in [4.78, 5) is 0. The SMILES string of the molecule is CC(C)OCc1cc(C2CCCCC2)c(O)c(C(C)(C)c2ccccc2)c1. The Kier molecular flexibility index (Phi) is 6.26. The lowest BCUT2D eigenvalue weighted by Crippen LogP contribution is -2.21. The van der Waals surface area contributed by atoms with Crippen LogP contribution >= 0.6 is 0 Å². The number of rotatable bonds is 6. The van der Waals surface area contributed by atoms with E-state index < -0.39 is 0 Å². The Labute approximate surface area is 164 Å². The molecule has 0 heterocycles. The topological polar surface area (TPSA) is 29.5 Å². The Morgan fingerprint density at radius 1 is 1.04 bits per heavy atom. The van der Waals surface area contributed by atoms with E-state index in [4.69, 9.17) is 4.74 Å². The third-order valence-corrected chi connectivity index (χ3v) is 6.00. The molecule has 0 radical (unpaired) electrons. The van der Waals surface area contributed by atoms with Gasteiger partial charge >= 0.3 is 0 Å². The van der Waals surface area contributed by atoms with Crippen LogP contribution in [0.25, 0.3) is 0 Å². The third-order valence-electron chi connectivity index (χ3n) is 6.00. The van der Waals surface area contributed by atoms with Gasteiger partial charge in [0.2, 0.25) is 0 Å². The largest absolute Gasteiger partial charge is 0.507 e. The van der Waals surface area contributed by atoms with E-state index in [9.17, 15) is 5.11 Å². The van der Waals surface area contributed by atoms with Crippen LogP contribution < -0.4 is 0 Å². The number of hydrogen-bond donors (Lipinski definition) is 1. The fourth-order valence-corrected chi connectivity index (χ4v) is 4.28. The minimum Gasteiger partial charge on any atom is -0.507 e. The maximum Gasteiger partial charge on any atom is 0.123 e. The highest BCUT2D eigenvalue weighted by molar-refractivity contribution is 5.52. The second kappa shape index (κ2) is 8.48. The monoisotopic (exact) mass is 366 g/mol. The number of benzene rings is 2. The van der Waals surface area contributed by atoms with Gasteiger partial charge in [0.1, 0.15) is 5.75 Å². The molecule has 2 aromatic rings. The van der Waals surface area contributed by atoms with Crippen molar-refractivity contribution in [2.45, 2.75) is 83.8 Å². The smallest absolute Gasteiger partial charge is 0.123 e. The first-order valence-corrected chi connectivity index (χ1v) is 10.4. The zero-order chi connectivity index (χ0) is 19.4. The molecule has 0 atom stereocenters. The molecule has 0 bridgehead atoms. The molecule has 1 saturated carbocycles. The predicted molar refractivity (Wildman–Crippen MR) is 112 cm³/mol. The fraction of sp³-hybridized carbons (Fsp3) is 0.520. The first-order valence-electron chi connectivity index (χ1n) is 10.4. The standard InChI is InChI=1S/C25H34O2/c1-18(2)27-17-19-15-22(20-11-7-5-8-12-20)24(26)23(16-19)25(3,4)21-13-9-6-10-14-21/h6,9-10,13-16,18,20,26H,5,7-8,11-12,17H2,1-4H3. The van der Waals surface area contributed by atoms with Crippen LogP contribution in [0.5, 0.6) is 5.75 Å². The summed E-state index contributed by atoms with van der Waals surface area (Å²) in [6.45, 7) is 9.13. The van der Waals surface area contributed by atoms with E-state index in [-0.39, 0.29) is 11.5 Å². The highest BCUT2D eigenvalue weighted by Gasteiger charge is 2.30. The Hall–Kier alpha value is -1.80. The lowest BCUT2D eigenvalue weighted by molar-refractivity contribution is 0.0655. The van der Waals surface area contributed by atoms with Crippen LogP contribution in [-0.2, 0) is 16.8 Å². The molecule has 1 fully saturated rings. The molecule has 0 saturated heterocycles. The predicted octanol–water partition coefficient (Wildman–Crippen LogP) is 6.69. The van der Waals surface area contributed by atoms with Gasteiger partial charge in [-0.3, -0.25) is 0 Å². The summed E-state index contributed by atoms with van der Waals surface area (Å²) in [6, 6.07) is 14.8. The van der Waals surface area contributed by atoms with E-state index in [0.717, 1.165) is 11.1 Å². The van der Waals surface area contributed by atoms with Gasteiger partial charge in [0, 0.05) is 11.0 Å². The summed E-state index contributed by atoms with van der Waals surface area (Å²) >= 11 is 0. The summed E-state index contributed by atoms with van der Waals surface area (Å²) in [5.74, 6) is 0.951. The molecule has 0 unspecified atom stereocenters. The van der Waals surface area contributed by atoms with E-state index in [1.165, 1.54) is 43.2 Å². The zero-order valence-corrected chi connectivity index (χ0v) is 17.3. The first-order chi connectivity index (χ1) is 12.9. The van der Waals surface area contributed by atoms with Crippen molar-refractivity contribution >= 4 is 0 Å². The normalized spacial score (nSPS) is 16.0. The quantitative estimate of drug-likeness (QED) is 0.617. The van der Waals surface area contributed by atoms with E-state index >= 15 is 0 Å². The van der Waals surface area contributed by atoms with Crippen molar-refractivity contribution in [3.05, 3.63) is 64.7 Å². The van der Waals surface area contributed by atoms with Crippen molar-refractivity contribution in [2.75, 3.05) is 0 Å². The second-order valence-electron chi connectivity index (χ2n) is 8.77. The molecule has 1 aliphatic rings. The lowest BCUT2D eigenvalue weighted by Gasteiger charge is -2.31. The van der Waals surface area contributed by atoms with Gasteiger partial charge in [0.15, 0.2) is 0 Å². The average Bonchev–Trinajstić information content (AvgIpc) is 2.68. The number of hydrogen-bond acceptors (Lipinski definition) is 2. The van der Waals surface area contributed by atoms with Crippen molar-refractivity contribution in [1.29, 1.82) is 0 Å². The van der Waals surface area contributed by atoms with E-state index in [2.05, 4.69) is 64.1 Å². The minimum absolute atomic E-state index is 0.197. The number of phenols is 1. The van der Waals surface area contributed by atoms with Gasteiger partial charge in [0.05, 0.1) is 12.7 Å². The Bertz CT molecular complexity index is 740. The molecule has 146 valence electrons. The van der Waals surface area contributed by atoms with Crippen molar-refractivity contribution in [2.24, 2.45) is 0 Å². The van der Waals surface area contributed by atoms with Crippen molar-refractivity contribution in [3.63, 3.8) is 0 Å². The Morgan fingerprint density at radius 3 is 2.33 bits per heavy atom. The van der Waals surface area contributed by atoms with Crippen LogP contribution in [0, 0.1) is 0 Å². The van der Waals surface area contributed by atoms with Crippen LogP contribution in [0.3, 0.4) is 0 Å². The zero-order valence-electron chi connectivity index (χ0n) is 17.3. The highest BCUT2D eigenvalue weighted by Crippen LogP contribution is 2.44. The van der Waals surface area contributed by atoms with Gasteiger partial charge in [-0.1, -0.05) is 63.4 Å². The maximum absolute atomic E-state index is 11.3. The van der Waals surface area contributed by atoms with E-state index in [0.29, 0.717) is 18.3 Å². The molecule has 1 aliphatic carbocycles. The molecule has 0 amide bonds. The molecular weight excluding hydrogens is 332 g/mol. The Morgan fingerprint density at radius 2 is 1.70 bits per heavy atom. The minimum atomic E-state index is -0.261. The van der Waals surface area contributed by atoms with Crippen LogP contribution in [0.15, 0.2) is 42.5 Å². The van der Waals surface area contributed by atoms with Crippen LogP contribution in [0.4, 0.5) is 0 Å². The summed E-state index contributed by atoms with van der Waals surface area (Å²) in [7, 11) is 0. The molecule has 0 aromatic heterocycles. The third kappa shape index (κ3) is 4.55. The molecule has 2 aromatic carbocycles. The van der Waals surface area contributed by atoms with Crippen LogP contribution in [0.1, 0.15) is 88.0 Å². The fourth-order valence-electron chi connectivity index (χ4n) is 4.28. The summed E-state index contributed by atoms with van der Waals surface area (Å²) < 4.78 is 5.90.